The maximum Gasteiger partial charge on any atom is 0.321 e. The summed E-state index contributed by atoms with van der Waals surface area (Å²) in [4.78, 5) is 13.2. The van der Waals surface area contributed by atoms with Crippen LogP contribution in [0.1, 0.15) is 31.4 Å². The van der Waals surface area contributed by atoms with Gasteiger partial charge in [0.1, 0.15) is 0 Å². The first-order valence-electron chi connectivity index (χ1n) is 7.34. The Kier molecular flexibility index (Phi) is 5.09. The molecule has 5 heteroatoms. The first-order chi connectivity index (χ1) is 10.1. The SMILES string of the molecule is CCCNc1nc(OCC)nc(-c2ccc(C)cc2C)n1. The third-order valence-corrected chi connectivity index (χ3v) is 3.04. The zero-order valence-electron chi connectivity index (χ0n) is 13.1. The van der Waals surface area contributed by atoms with Crippen molar-refractivity contribution in [2.75, 3.05) is 18.5 Å². The average molecular weight is 286 g/mol. The minimum Gasteiger partial charge on any atom is -0.464 e. The van der Waals surface area contributed by atoms with Crippen LogP contribution in [0.4, 0.5) is 5.95 Å². The molecule has 112 valence electrons. The Morgan fingerprint density at radius 1 is 1.10 bits per heavy atom. The zero-order valence-corrected chi connectivity index (χ0v) is 13.1. The van der Waals surface area contributed by atoms with Crippen LogP contribution >= 0.6 is 0 Å². The fraction of sp³-hybridized carbons (Fsp3) is 0.438. The third-order valence-electron chi connectivity index (χ3n) is 3.04. The van der Waals surface area contributed by atoms with E-state index in [2.05, 4.69) is 53.2 Å². The smallest absolute Gasteiger partial charge is 0.321 e. The van der Waals surface area contributed by atoms with Crippen molar-refractivity contribution in [1.82, 2.24) is 15.0 Å². The molecule has 1 heterocycles. The van der Waals surface area contributed by atoms with Gasteiger partial charge in [0, 0.05) is 12.1 Å². The molecule has 0 fully saturated rings. The molecule has 0 aliphatic carbocycles. The number of hydrogen-bond acceptors (Lipinski definition) is 5. The van der Waals surface area contributed by atoms with Crippen LogP contribution in [0.15, 0.2) is 18.2 Å². The molecule has 21 heavy (non-hydrogen) atoms. The minimum absolute atomic E-state index is 0.362. The monoisotopic (exact) mass is 286 g/mol. The van der Waals surface area contributed by atoms with Gasteiger partial charge in [-0.15, -0.1) is 0 Å². The van der Waals surface area contributed by atoms with Gasteiger partial charge in [-0.05, 0) is 32.8 Å². The number of rotatable bonds is 6. The molecule has 0 aliphatic heterocycles. The summed E-state index contributed by atoms with van der Waals surface area (Å²) >= 11 is 0. The maximum absolute atomic E-state index is 5.45. The summed E-state index contributed by atoms with van der Waals surface area (Å²) in [5.74, 6) is 1.20. The lowest BCUT2D eigenvalue weighted by molar-refractivity contribution is 0.312. The number of hydrogen-bond donors (Lipinski definition) is 1. The molecule has 5 nitrogen and oxygen atoms in total. The van der Waals surface area contributed by atoms with Crippen molar-refractivity contribution in [3.8, 4) is 17.4 Å². The lowest BCUT2D eigenvalue weighted by Gasteiger charge is -2.10. The van der Waals surface area contributed by atoms with E-state index in [1.54, 1.807) is 0 Å². The lowest BCUT2D eigenvalue weighted by Crippen LogP contribution is -2.09. The summed E-state index contributed by atoms with van der Waals surface area (Å²) < 4.78 is 5.45. The standard InChI is InChI=1S/C16H22N4O/c1-5-9-17-15-18-14(19-16(20-15)21-6-2)13-8-7-11(3)10-12(13)4/h7-8,10H,5-6,9H2,1-4H3,(H,17,18,19,20). The number of ether oxygens (including phenoxy) is 1. The molecule has 0 saturated heterocycles. The van der Waals surface area contributed by atoms with Crippen molar-refractivity contribution in [2.45, 2.75) is 34.1 Å². The normalized spacial score (nSPS) is 10.5. The van der Waals surface area contributed by atoms with Gasteiger partial charge in [-0.25, -0.2) is 0 Å². The highest BCUT2D eigenvalue weighted by atomic mass is 16.5. The van der Waals surface area contributed by atoms with E-state index in [-0.39, 0.29) is 0 Å². The largest absolute Gasteiger partial charge is 0.464 e. The Bertz CT molecular complexity index is 613. The molecule has 1 aromatic carbocycles. The average Bonchev–Trinajstić information content (AvgIpc) is 2.45. The molecule has 0 unspecified atom stereocenters. The number of nitrogens with zero attached hydrogens (tertiary/aromatic N) is 3. The summed E-state index contributed by atoms with van der Waals surface area (Å²) in [6, 6.07) is 6.59. The number of aromatic nitrogens is 3. The van der Waals surface area contributed by atoms with Gasteiger partial charge >= 0.3 is 6.01 Å². The van der Waals surface area contributed by atoms with Gasteiger partial charge in [-0.2, -0.15) is 15.0 Å². The van der Waals surface area contributed by atoms with E-state index in [0.29, 0.717) is 24.4 Å². The number of nitrogens with one attached hydrogen (secondary N) is 1. The molecule has 2 aromatic rings. The van der Waals surface area contributed by atoms with E-state index >= 15 is 0 Å². The van der Waals surface area contributed by atoms with Crippen LogP contribution in [-0.4, -0.2) is 28.1 Å². The Labute approximate surface area is 125 Å². The molecular formula is C16H22N4O. The van der Waals surface area contributed by atoms with Crippen LogP contribution in [-0.2, 0) is 0 Å². The minimum atomic E-state index is 0.362. The van der Waals surface area contributed by atoms with Crippen LogP contribution in [0.3, 0.4) is 0 Å². The topological polar surface area (TPSA) is 59.9 Å². The summed E-state index contributed by atoms with van der Waals surface area (Å²) in [5.41, 5.74) is 3.37. The van der Waals surface area contributed by atoms with E-state index < -0.39 is 0 Å². The summed E-state index contributed by atoms with van der Waals surface area (Å²) in [5, 5.41) is 3.19. The van der Waals surface area contributed by atoms with Gasteiger partial charge in [0.15, 0.2) is 5.82 Å². The van der Waals surface area contributed by atoms with E-state index in [1.165, 1.54) is 5.56 Å². The van der Waals surface area contributed by atoms with Crippen LogP contribution in [0.5, 0.6) is 6.01 Å². The lowest BCUT2D eigenvalue weighted by atomic mass is 10.1. The second-order valence-corrected chi connectivity index (χ2v) is 4.94. The Morgan fingerprint density at radius 3 is 2.57 bits per heavy atom. The first kappa shape index (κ1) is 15.2. The van der Waals surface area contributed by atoms with Gasteiger partial charge in [-0.3, -0.25) is 0 Å². The van der Waals surface area contributed by atoms with Crippen molar-refractivity contribution in [3.63, 3.8) is 0 Å². The number of benzene rings is 1. The van der Waals surface area contributed by atoms with Gasteiger partial charge in [0.2, 0.25) is 5.95 Å². The van der Waals surface area contributed by atoms with Crippen molar-refractivity contribution in [2.24, 2.45) is 0 Å². The van der Waals surface area contributed by atoms with E-state index in [1.807, 2.05) is 13.0 Å². The number of anilines is 1. The Hall–Kier alpha value is -2.17. The maximum atomic E-state index is 5.45. The van der Waals surface area contributed by atoms with Crippen LogP contribution < -0.4 is 10.1 Å². The zero-order chi connectivity index (χ0) is 15.2. The molecule has 0 bridgehead atoms. The van der Waals surface area contributed by atoms with Crippen molar-refractivity contribution in [3.05, 3.63) is 29.3 Å². The molecular weight excluding hydrogens is 264 g/mol. The predicted octanol–water partition coefficient (Wildman–Crippen LogP) is 3.38. The summed E-state index contributed by atoms with van der Waals surface area (Å²) in [6.45, 7) is 9.50. The molecule has 2 rings (SSSR count). The Balaban J connectivity index is 2.43. The van der Waals surface area contributed by atoms with Crippen LogP contribution in [0, 0.1) is 13.8 Å². The van der Waals surface area contributed by atoms with E-state index in [9.17, 15) is 0 Å². The summed E-state index contributed by atoms with van der Waals surface area (Å²) in [7, 11) is 0. The summed E-state index contributed by atoms with van der Waals surface area (Å²) in [6.07, 6.45) is 1.01. The highest BCUT2D eigenvalue weighted by molar-refractivity contribution is 5.61. The molecule has 0 saturated carbocycles. The van der Waals surface area contributed by atoms with Gasteiger partial charge < -0.3 is 10.1 Å². The van der Waals surface area contributed by atoms with Crippen LogP contribution in [0.2, 0.25) is 0 Å². The van der Waals surface area contributed by atoms with Crippen molar-refractivity contribution < 1.29 is 4.74 Å². The molecule has 0 atom stereocenters. The van der Waals surface area contributed by atoms with Gasteiger partial charge in [-0.1, -0.05) is 30.7 Å². The van der Waals surface area contributed by atoms with Gasteiger partial charge in [0.05, 0.1) is 6.61 Å². The number of aryl methyl sites for hydroxylation is 2. The quantitative estimate of drug-likeness (QED) is 0.882. The van der Waals surface area contributed by atoms with Crippen molar-refractivity contribution in [1.29, 1.82) is 0 Å². The van der Waals surface area contributed by atoms with Crippen molar-refractivity contribution >= 4 is 5.95 Å². The Morgan fingerprint density at radius 2 is 1.90 bits per heavy atom. The predicted molar refractivity (Wildman–Crippen MR) is 84.7 cm³/mol. The van der Waals surface area contributed by atoms with E-state index in [0.717, 1.165) is 24.1 Å². The second-order valence-electron chi connectivity index (χ2n) is 4.94. The fourth-order valence-electron chi connectivity index (χ4n) is 2.05. The molecule has 0 aliphatic rings. The third kappa shape index (κ3) is 3.90. The second kappa shape index (κ2) is 7.02. The van der Waals surface area contributed by atoms with Gasteiger partial charge in [0.25, 0.3) is 0 Å². The van der Waals surface area contributed by atoms with E-state index in [4.69, 9.17) is 4.74 Å². The highest BCUT2D eigenvalue weighted by Gasteiger charge is 2.11. The molecule has 0 amide bonds. The molecule has 1 aromatic heterocycles. The molecule has 1 N–H and O–H groups in total. The first-order valence-corrected chi connectivity index (χ1v) is 7.34. The molecule has 0 radical (unpaired) electrons. The highest BCUT2D eigenvalue weighted by Crippen LogP contribution is 2.23. The van der Waals surface area contributed by atoms with Crippen LogP contribution in [0.25, 0.3) is 11.4 Å². The fourth-order valence-corrected chi connectivity index (χ4v) is 2.05. The molecule has 0 spiro atoms.